The van der Waals surface area contributed by atoms with Gasteiger partial charge in [-0.1, -0.05) is 60.3 Å². The van der Waals surface area contributed by atoms with Gasteiger partial charge >= 0.3 is 5.97 Å². The van der Waals surface area contributed by atoms with E-state index in [4.69, 9.17) is 4.74 Å². The van der Waals surface area contributed by atoms with Crippen molar-refractivity contribution in [2.45, 2.75) is 0 Å². The fourth-order valence-corrected chi connectivity index (χ4v) is 2.31. The van der Waals surface area contributed by atoms with Gasteiger partial charge in [-0.05, 0) is 24.0 Å². The number of para-hydroxylation sites is 1. The fraction of sp³-hybridized carbons (Fsp3) is 0.0625. The Morgan fingerprint density at radius 3 is 2.05 bits per heavy atom. The predicted octanol–water partition coefficient (Wildman–Crippen LogP) is 3.88. The molecule has 0 aliphatic rings. The summed E-state index contributed by atoms with van der Waals surface area (Å²) in [5.74, 6) is -0.386. The number of thioether (sulfide) groups is 1. The fourth-order valence-electron chi connectivity index (χ4n) is 1.72. The molecule has 0 aromatic heterocycles. The van der Waals surface area contributed by atoms with Crippen molar-refractivity contribution >= 4 is 23.3 Å². The summed E-state index contributed by atoms with van der Waals surface area (Å²) < 4.78 is 5.70. The topological polar surface area (TPSA) is 46.5 Å². The van der Waals surface area contributed by atoms with E-state index < -0.39 is 5.97 Å². The number of hydrogen-bond donors (Lipinski definition) is 1. The molecule has 0 atom stereocenters. The van der Waals surface area contributed by atoms with Gasteiger partial charge in [-0.25, -0.2) is 4.79 Å². The van der Waals surface area contributed by atoms with Crippen LogP contribution in [0.2, 0.25) is 0 Å². The third kappa shape index (κ3) is 3.42. The van der Waals surface area contributed by atoms with Crippen LogP contribution < -0.4 is 4.74 Å². The highest BCUT2D eigenvalue weighted by Crippen LogP contribution is 2.28. The molecule has 3 nitrogen and oxygen atoms in total. The average Bonchev–Trinajstić information content (AvgIpc) is 2.48. The van der Waals surface area contributed by atoms with E-state index in [1.165, 1.54) is 11.8 Å². The second-order valence-corrected chi connectivity index (χ2v) is 4.73. The van der Waals surface area contributed by atoms with Crippen molar-refractivity contribution in [1.29, 1.82) is 0 Å². The van der Waals surface area contributed by atoms with Crippen LogP contribution in [0.4, 0.5) is 0 Å². The Balaban J connectivity index is 2.44. The van der Waals surface area contributed by atoms with E-state index in [1.807, 2.05) is 24.3 Å². The summed E-state index contributed by atoms with van der Waals surface area (Å²) in [6.45, 7) is 0. The SMILES string of the molecule is CSC(Oc1ccccc1)=C(C(=O)O)c1ccccc1. The molecule has 0 heterocycles. The maximum atomic E-state index is 11.5. The first-order chi connectivity index (χ1) is 9.72. The van der Waals surface area contributed by atoms with Crippen molar-refractivity contribution in [3.8, 4) is 5.75 Å². The summed E-state index contributed by atoms with van der Waals surface area (Å²) in [5.41, 5.74) is 0.794. The van der Waals surface area contributed by atoms with Crippen LogP contribution in [-0.2, 0) is 4.79 Å². The second kappa shape index (κ2) is 6.82. The van der Waals surface area contributed by atoms with Gasteiger partial charge in [0.15, 0.2) is 5.09 Å². The lowest BCUT2D eigenvalue weighted by molar-refractivity contribution is -0.130. The first kappa shape index (κ1) is 14.2. The summed E-state index contributed by atoms with van der Waals surface area (Å²) in [7, 11) is 0. The van der Waals surface area contributed by atoms with E-state index in [9.17, 15) is 9.90 Å². The molecule has 4 heteroatoms. The highest BCUT2D eigenvalue weighted by Gasteiger charge is 2.18. The van der Waals surface area contributed by atoms with Crippen LogP contribution in [0.25, 0.3) is 5.57 Å². The number of hydrogen-bond acceptors (Lipinski definition) is 3. The monoisotopic (exact) mass is 286 g/mol. The molecule has 20 heavy (non-hydrogen) atoms. The van der Waals surface area contributed by atoms with Gasteiger partial charge in [-0.3, -0.25) is 0 Å². The van der Waals surface area contributed by atoms with Crippen molar-refractivity contribution in [3.63, 3.8) is 0 Å². The standard InChI is InChI=1S/C16H14O3S/c1-20-16(19-13-10-6-3-7-11-13)14(15(17)18)12-8-4-2-5-9-12/h2-11H,1H3,(H,17,18). The van der Waals surface area contributed by atoms with Crippen LogP contribution in [0.15, 0.2) is 65.8 Å². The maximum absolute atomic E-state index is 11.5. The molecular weight excluding hydrogens is 272 g/mol. The summed E-state index contributed by atoms with van der Waals surface area (Å²) >= 11 is 1.27. The first-order valence-electron chi connectivity index (χ1n) is 6.02. The van der Waals surface area contributed by atoms with Crippen molar-refractivity contribution < 1.29 is 14.6 Å². The number of ether oxygens (including phenoxy) is 1. The summed E-state index contributed by atoms with van der Waals surface area (Å²) in [6.07, 6.45) is 1.80. The lowest BCUT2D eigenvalue weighted by Gasteiger charge is -2.12. The minimum absolute atomic E-state index is 0.168. The third-order valence-electron chi connectivity index (χ3n) is 2.62. The van der Waals surface area contributed by atoms with Gasteiger partial charge in [-0.15, -0.1) is 0 Å². The van der Waals surface area contributed by atoms with Crippen LogP contribution in [-0.4, -0.2) is 17.3 Å². The van der Waals surface area contributed by atoms with Gasteiger partial charge in [0.25, 0.3) is 0 Å². The molecule has 0 unspecified atom stereocenters. The number of carboxylic acid groups (broad SMARTS) is 1. The van der Waals surface area contributed by atoms with Gasteiger partial charge in [0, 0.05) is 0 Å². The lowest BCUT2D eigenvalue weighted by atomic mass is 10.1. The Labute approximate surface area is 121 Å². The molecule has 2 aromatic carbocycles. The zero-order valence-corrected chi connectivity index (χ0v) is 11.8. The highest BCUT2D eigenvalue weighted by atomic mass is 32.2. The molecule has 0 saturated heterocycles. The van der Waals surface area contributed by atoms with Crippen molar-refractivity contribution in [1.82, 2.24) is 0 Å². The van der Waals surface area contributed by atoms with E-state index >= 15 is 0 Å². The number of rotatable bonds is 5. The number of aliphatic carboxylic acids is 1. The van der Waals surface area contributed by atoms with Gasteiger partial charge in [0.2, 0.25) is 0 Å². The Bertz CT molecular complexity index is 606. The average molecular weight is 286 g/mol. The van der Waals surface area contributed by atoms with E-state index in [0.29, 0.717) is 16.4 Å². The van der Waals surface area contributed by atoms with E-state index in [1.54, 1.807) is 42.7 Å². The molecule has 1 N–H and O–H groups in total. The van der Waals surface area contributed by atoms with Crippen LogP contribution in [0.1, 0.15) is 5.56 Å². The molecule has 2 aromatic rings. The zero-order valence-electron chi connectivity index (χ0n) is 10.9. The van der Waals surface area contributed by atoms with Crippen LogP contribution in [0, 0.1) is 0 Å². The Hall–Kier alpha value is -2.20. The zero-order chi connectivity index (χ0) is 14.4. The lowest BCUT2D eigenvalue weighted by Crippen LogP contribution is -2.06. The highest BCUT2D eigenvalue weighted by molar-refractivity contribution is 8.02. The molecule has 0 aliphatic heterocycles. The van der Waals surface area contributed by atoms with Crippen molar-refractivity contribution in [3.05, 3.63) is 71.3 Å². The molecule has 0 spiro atoms. The van der Waals surface area contributed by atoms with Gasteiger partial charge in [0.05, 0.1) is 0 Å². The van der Waals surface area contributed by atoms with Crippen molar-refractivity contribution in [2.24, 2.45) is 0 Å². The Morgan fingerprint density at radius 2 is 1.55 bits per heavy atom. The molecule has 0 amide bonds. The summed E-state index contributed by atoms with van der Waals surface area (Å²) in [4.78, 5) is 11.5. The van der Waals surface area contributed by atoms with Crippen LogP contribution in [0.5, 0.6) is 5.75 Å². The largest absolute Gasteiger partial charge is 0.478 e. The number of carboxylic acids is 1. The minimum atomic E-state index is -1.00. The molecule has 102 valence electrons. The molecule has 0 radical (unpaired) electrons. The Morgan fingerprint density at radius 1 is 1.00 bits per heavy atom. The summed E-state index contributed by atoms with van der Waals surface area (Å²) in [6, 6.07) is 18.1. The Kier molecular flexibility index (Phi) is 4.85. The molecule has 0 aliphatic carbocycles. The van der Waals surface area contributed by atoms with Crippen molar-refractivity contribution in [2.75, 3.05) is 6.26 Å². The molecule has 0 saturated carbocycles. The molecule has 2 rings (SSSR count). The third-order valence-corrected chi connectivity index (χ3v) is 3.28. The smallest absolute Gasteiger partial charge is 0.340 e. The second-order valence-electron chi connectivity index (χ2n) is 3.95. The predicted molar refractivity (Wildman–Crippen MR) is 81.6 cm³/mol. The van der Waals surface area contributed by atoms with Gasteiger partial charge < -0.3 is 9.84 Å². The maximum Gasteiger partial charge on any atom is 0.340 e. The normalized spacial score (nSPS) is 11.7. The van der Waals surface area contributed by atoms with Crippen LogP contribution >= 0.6 is 11.8 Å². The first-order valence-corrected chi connectivity index (χ1v) is 7.24. The van der Waals surface area contributed by atoms with E-state index in [2.05, 4.69) is 0 Å². The summed E-state index contributed by atoms with van der Waals surface area (Å²) in [5, 5.41) is 9.83. The van der Waals surface area contributed by atoms with Gasteiger partial charge in [0.1, 0.15) is 11.3 Å². The quantitative estimate of drug-likeness (QED) is 0.669. The molecular formula is C16H14O3S. The molecule has 0 bridgehead atoms. The van der Waals surface area contributed by atoms with E-state index in [0.717, 1.165) is 0 Å². The van der Waals surface area contributed by atoms with Crippen LogP contribution in [0.3, 0.4) is 0 Å². The number of benzene rings is 2. The minimum Gasteiger partial charge on any atom is -0.478 e. The van der Waals surface area contributed by atoms with E-state index in [-0.39, 0.29) is 5.57 Å². The molecule has 0 fully saturated rings. The van der Waals surface area contributed by atoms with Gasteiger partial charge in [-0.2, -0.15) is 0 Å². The number of carbonyl (C=O) groups is 1.